The molecule has 3 heterocycles. The smallest absolute Gasteiger partial charge is 0.383 e. The number of halogens is 4. The molecular weight excluding hydrogens is 553 g/mol. The summed E-state index contributed by atoms with van der Waals surface area (Å²) in [6.07, 6.45) is 0.933. The molecule has 2 aromatic heterocycles. The van der Waals surface area contributed by atoms with Gasteiger partial charge in [0.15, 0.2) is 5.54 Å². The highest BCUT2D eigenvalue weighted by Gasteiger charge is 2.67. The average molecular weight is 585 g/mol. The van der Waals surface area contributed by atoms with Gasteiger partial charge >= 0.3 is 6.18 Å². The summed E-state index contributed by atoms with van der Waals surface area (Å²) in [5.41, 5.74) is 7.93. The van der Waals surface area contributed by atoms with Gasteiger partial charge in [0.1, 0.15) is 6.07 Å². The Kier molecular flexibility index (Phi) is 7.42. The lowest BCUT2D eigenvalue weighted by Crippen LogP contribution is -2.52. The first-order chi connectivity index (χ1) is 19.4. The van der Waals surface area contributed by atoms with Gasteiger partial charge in [0, 0.05) is 47.5 Å². The van der Waals surface area contributed by atoms with Crippen molar-refractivity contribution in [3.8, 4) is 6.07 Å². The standard InChI is InChI=1S/C29H32ClF3N8/c1-5-22-19(7-6-10-35-22)26(23-15-41(40-39-23)28(8-9-28)29(31,32)33)38-18-11-20-24(37-16-27(2,3)4)17(13-34)14-36-25(20)21(30)12-18/h6-7,10-12,14-15,26,38-40H,5,8-9,16H2,1-4H3,(H,36,37)/t26-/m0/s1. The first-order valence-corrected chi connectivity index (χ1v) is 13.8. The Labute approximate surface area is 241 Å². The van der Waals surface area contributed by atoms with Crippen molar-refractivity contribution in [3.63, 3.8) is 0 Å². The number of hydrogen-bond donors (Lipinski definition) is 4. The van der Waals surface area contributed by atoms with E-state index in [9.17, 15) is 18.4 Å². The van der Waals surface area contributed by atoms with Crippen LogP contribution in [0.2, 0.25) is 5.02 Å². The SMILES string of the molecule is CCc1ncccc1[C@H](Nc1cc(Cl)c2ncc(C#N)c(NCC(C)(C)C)c2c1)C1=CN(C2(C(F)(F)F)CC2)NN1. The Hall–Kier alpha value is -3.75. The van der Waals surface area contributed by atoms with E-state index in [1.807, 2.05) is 19.1 Å². The second-order valence-corrected chi connectivity index (χ2v) is 12.0. The molecule has 0 amide bonds. The van der Waals surface area contributed by atoms with Gasteiger partial charge in [-0.25, -0.2) is 0 Å². The summed E-state index contributed by atoms with van der Waals surface area (Å²) in [5.74, 6) is 0. The summed E-state index contributed by atoms with van der Waals surface area (Å²) in [6.45, 7) is 8.84. The van der Waals surface area contributed by atoms with Crippen LogP contribution in [-0.4, -0.2) is 33.2 Å². The fourth-order valence-corrected chi connectivity index (χ4v) is 5.22. The van der Waals surface area contributed by atoms with Gasteiger partial charge in [0.25, 0.3) is 0 Å². The Morgan fingerprint density at radius 1 is 1.22 bits per heavy atom. The molecule has 3 aromatic rings. The lowest BCUT2D eigenvalue weighted by Gasteiger charge is -2.28. The molecule has 1 aromatic carbocycles. The van der Waals surface area contributed by atoms with Crippen LogP contribution < -0.4 is 21.6 Å². The van der Waals surface area contributed by atoms with Crippen molar-refractivity contribution in [2.24, 2.45) is 5.41 Å². The van der Waals surface area contributed by atoms with Crippen LogP contribution in [0.5, 0.6) is 0 Å². The van der Waals surface area contributed by atoms with Crippen LogP contribution in [0.15, 0.2) is 48.6 Å². The van der Waals surface area contributed by atoms with Gasteiger partial charge in [-0.3, -0.25) is 15.0 Å². The third kappa shape index (κ3) is 5.59. The molecule has 4 N–H and O–H groups in total. The van der Waals surface area contributed by atoms with Crippen LogP contribution in [-0.2, 0) is 6.42 Å². The van der Waals surface area contributed by atoms with Crippen molar-refractivity contribution in [3.05, 3.63) is 70.4 Å². The van der Waals surface area contributed by atoms with Crippen molar-refractivity contribution in [2.45, 2.75) is 64.7 Å². The zero-order chi connectivity index (χ0) is 29.6. The van der Waals surface area contributed by atoms with Gasteiger partial charge in [-0.2, -0.15) is 18.4 Å². The van der Waals surface area contributed by atoms with E-state index in [0.29, 0.717) is 51.5 Å². The molecule has 1 atom stereocenters. The minimum absolute atomic E-state index is 0.0129. The number of pyridine rings is 2. The van der Waals surface area contributed by atoms with Crippen LogP contribution >= 0.6 is 11.6 Å². The number of aryl methyl sites for hydroxylation is 1. The highest BCUT2D eigenvalue weighted by molar-refractivity contribution is 6.35. The van der Waals surface area contributed by atoms with Crippen LogP contribution in [0.1, 0.15) is 63.4 Å². The van der Waals surface area contributed by atoms with E-state index in [1.54, 1.807) is 18.3 Å². The monoisotopic (exact) mass is 584 g/mol. The zero-order valence-electron chi connectivity index (χ0n) is 23.2. The molecule has 0 unspecified atom stereocenters. The van der Waals surface area contributed by atoms with Gasteiger partial charge < -0.3 is 16.1 Å². The number of fused-ring (bicyclic) bond motifs is 1. The van der Waals surface area contributed by atoms with Gasteiger partial charge in [0.2, 0.25) is 0 Å². The fraction of sp³-hybridized carbons (Fsp3) is 0.414. The lowest BCUT2D eigenvalue weighted by molar-refractivity contribution is -0.195. The van der Waals surface area contributed by atoms with E-state index in [-0.39, 0.29) is 18.3 Å². The van der Waals surface area contributed by atoms with Crippen molar-refractivity contribution in [2.75, 3.05) is 17.2 Å². The average Bonchev–Trinajstić information content (AvgIpc) is 3.61. The molecule has 2 aliphatic rings. The zero-order valence-corrected chi connectivity index (χ0v) is 24.0. The van der Waals surface area contributed by atoms with Crippen molar-refractivity contribution in [1.29, 1.82) is 5.26 Å². The highest BCUT2D eigenvalue weighted by atomic mass is 35.5. The summed E-state index contributed by atoms with van der Waals surface area (Å²) in [5, 5.41) is 18.8. The van der Waals surface area contributed by atoms with Gasteiger partial charge in [0.05, 0.1) is 33.5 Å². The van der Waals surface area contributed by atoms with E-state index in [0.717, 1.165) is 16.3 Å². The topological polar surface area (TPSA) is 101 Å². The predicted molar refractivity (Wildman–Crippen MR) is 154 cm³/mol. The molecule has 1 fully saturated rings. The second kappa shape index (κ2) is 10.6. The number of hydrazine groups is 2. The Balaban J connectivity index is 1.58. The van der Waals surface area contributed by atoms with E-state index in [4.69, 9.17) is 11.6 Å². The number of benzene rings is 1. The maximum absolute atomic E-state index is 13.9. The molecule has 1 aliphatic carbocycles. The summed E-state index contributed by atoms with van der Waals surface area (Å²) < 4.78 is 41.6. The maximum atomic E-state index is 13.9. The minimum atomic E-state index is -4.38. The third-order valence-electron chi connectivity index (χ3n) is 7.34. The fourth-order valence-electron chi connectivity index (χ4n) is 4.96. The summed E-state index contributed by atoms with van der Waals surface area (Å²) in [6, 6.07) is 8.90. The molecule has 1 aliphatic heterocycles. The molecule has 1 saturated carbocycles. The number of rotatable bonds is 8. The molecule has 12 heteroatoms. The number of nitrogens with one attached hydrogen (secondary N) is 4. The van der Waals surface area contributed by atoms with E-state index < -0.39 is 17.8 Å². The molecule has 5 rings (SSSR count). The molecular formula is C29H32ClF3N8. The molecule has 0 spiro atoms. The Morgan fingerprint density at radius 2 is 1.98 bits per heavy atom. The maximum Gasteiger partial charge on any atom is 0.413 e. The first-order valence-electron chi connectivity index (χ1n) is 13.4. The lowest BCUT2D eigenvalue weighted by atomic mass is 9.96. The Morgan fingerprint density at radius 3 is 2.61 bits per heavy atom. The predicted octanol–water partition coefficient (Wildman–Crippen LogP) is 6.59. The molecule has 8 nitrogen and oxygen atoms in total. The number of alkyl halides is 3. The largest absolute Gasteiger partial charge is 0.413 e. The van der Waals surface area contributed by atoms with Crippen LogP contribution in [0.4, 0.5) is 24.5 Å². The first kappa shape index (κ1) is 28.8. The summed E-state index contributed by atoms with van der Waals surface area (Å²) >= 11 is 6.71. The second-order valence-electron chi connectivity index (χ2n) is 11.6. The van der Waals surface area contributed by atoms with Gasteiger partial charge in [-0.05, 0) is 42.9 Å². The third-order valence-corrected chi connectivity index (χ3v) is 7.62. The number of nitriles is 1. The number of aromatic nitrogens is 2. The molecule has 216 valence electrons. The van der Waals surface area contributed by atoms with E-state index in [2.05, 4.69) is 58.4 Å². The summed E-state index contributed by atoms with van der Waals surface area (Å²) in [4.78, 5) is 8.94. The quantitative estimate of drug-likeness (QED) is 0.235. The van der Waals surface area contributed by atoms with Crippen LogP contribution in [0, 0.1) is 16.7 Å². The molecule has 41 heavy (non-hydrogen) atoms. The molecule has 0 saturated heterocycles. The number of hydrogen-bond acceptors (Lipinski definition) is 8. The van der Waals surface area contributed by atoms with Crippen molar-refractivity contribution in [1.82, 2.24) is 25.9 Å². The van der Waals surface area contributed by atoms with Crippen LogP contribution in [0.3, 0.4) is 0 Å². The van der Waals surface area contributed by atoms with Crippen molar-refractivity contribution >= 4 is 33.9 Å². The van der Waals surface area contributed by atoms with E-state index in [1.165, 1.54) is 12.4 Å². The Bertz CT molecular complexity index is 1540. The normalized spacial score (nSPS) is 17.0. The minimum Gasteiger partial charge on any atom is -0.383 e. The van der Waals surface area contributed by atoms with Crippen LogP contribution in [0.25, 0.3) is 10.9 Å². The number of nitrogens with zero attached hydrogens (tertiary/aromatic N) is 4. The highest BCUT2D eigenvalue weighted by Crippen LogP contribution is 2.53. The molecule has 0 radical (unpaired) electrons. The van der Waals surface area contributed by atoms with Gasteiger partial charge in [-0.1, -0.05) is 45.4 Å². The van der Waals surface area contributed by atoms with Crippen molar-refractivity contribution < 1.29 is 13.2 Å². The number of anilines is 2. The van der Waals surface area contributed by atoms with Gasteiger partial charge in [-0.15, -0.1) is 5.53 Å². The summed E-state index contributed by atoms with van der Waals surface area (Å²) in [7, 11) is 0. The molecule has 0 bridgehead atoms. The van der Waals surface area contributed by atoms with E-state index >= 15 is 0 Å².